The van der Waals surface area contributed by atoms with Crippen LogP contribution in [0.2, 0.25) is 0 Å². The lowest BCUT2D eigenvalue weighted by atomic mass is 10.2. The van der Waals surface area contributed by atoms with Gasteiger partial charge in [-0.2, -0.15) is 13.2 Å². The van der Waals surface area contributed by atoms with Crippen LogP contribution in [-0.2, 0) is 6.18 Å². The van der Waals surface area contributed by atoms with Crippen molar-refractivity contribution in [1.29, 1.82) is 0 Å². The molecule has 0 aliphatic carbocycles. The van der Waals surface area contributed by atoms with Gasteiger partial charge in [-0.25, -0.2) is 9.78 Å². The summed E-state index contributed by atoms with van der Waals surface area (Å²) < 4.78 is 39.6. The van der Waals surface area contributed by atoms with Crippen LogP contribution in [-0.4, -0.2) is 20.5 Å². The summed E-state index contributed by atoms with van der Waals surface area (Å²) in [5, 5.41) is 16.9. The fraction of sp³-hybridized carbons (Fsp3) is 0.125. The molecule has 1 N–H and O–H groups in total. The number of pyridine rings is 1. The van der Waals surface area contributed by atoms with E-state index in [1.165, 1.54) is 16.5 Å². The van der Waals surface area contributed by atoms with E-state index in [0.717, 1.165) is 17.7 Å². The SMILES string of the molecule is Cc1cccn2c(N=Nc3cccc(C(F)(F)F)c3)c(C(=O)O)nc12. The number of azo groups is 1. The molecule has 128 valence electrons. The highest BCUT2D eigenvalue weighted by Gasteiger charge is 2.30. The van der Waals surface area contributed by atoms with Crippen molar-refractivity contribution in [3.8, 4) is 0 Å². The smallest absolute Gasteiger partial charge is 0.416 e. The standard InChI is InChI=1S/C16H11F3N4O2/c1-9-4-3-7-23-13(9)20-12(15(24)25)14(23)22-21-11-6-2-5-10(8-11)16(17,18)19/h2-8H,1H3,(H,24,25). The average molecular weight is 348 g/mol. The first-order valence-corrected chi connectivity index (χ1v) is 7.07. The Morgan fingerprint density at radius 1 is 1.20 bits per heavy atom. The monoisotopic (exact) mass is 348 g/mol. The van der Waals surface area contributed by atoms with E-state index in [9.17, 15) is 23.1 Å². The average Bonchev–Trinajstić information content (AvgIpc) is 2.93. The zero-order valence-electron chi connectivity index (χ0n) is 12.8. The Bertz CT molecular complexity index is 993. The van der Waals surface area contributed by atoms with Gasteiger partial charge < -0.3 is 5.11 Å². The Morgan fingerprint density at radius 3 is 2.64 bits per heavy atom. The minimum Gasteiger partial charge on any atom is -0.476 e. The Balaban J connectivity index is 2.09. The summed E-state index contributed by atoms with van der Waals surface area (Å²) >= 11 is 0. The number of fused-ring (bicyclic) bond motifs is 1. The molecule has 2 aromatic heterocycles. The predicted octanol–water partition coefficient (Wildman–Crippen LogP) is 4.78. The number of carbonyl (C=O) groups is 1. The van der Waals surface area contributed by atoms with Gasteiger partial charge in [0, 0.05) is 6.20 Å². The van der Waals surface area contributed by atoms with Gasteiger partial charge in [-0.3, -0.25) is 4.40 Å². The van der Waals surface area contributed by atoms with Crippen molar-refractivity contribution in [3.05, 3.63) is 59.4 Å². The molecule has 0 atom stereocenters. The molecular weight excluding hydrogens is 337 g/mol. The summed E-state index contributed by atoms with van der Waals surface area (Å²) in [7, 11) is 0. The summed E-state index contributed by atoms with van der Waals surface area (Å²) in [4.78, 5) is 15.4. The molecule has 0 aliphatic heterocycles. The highest BCUT2D eigenvalue weighted by atomic mass is 19.4. The lowest BCUT2D eigenvalue weighted by molar-refractivity contribution is -0.137. The Hall–Kier alpha value is -3.23. The molecule has 6 nitrogen and oxygen atoms in total. The minimum absolute atomic E-state index is 0.0474. The third-order valence-corrected chi connectivity index (χ3v) is 3.46. The number of rotatable bonds is 3. The zero-order valence-corrected chi connectivity index (χ0v) is 12.8. The van der Waals surface area contributed by atoms with Gasteiger partial charge in [0.1, 0.15) is 5.65 Å². The summed E-state index contributed by atoms with van der Waals surface area (Å²) in [6, 6.07) is 7.72. The molecule has 0 saturated carbocycles. The van der Waals surface area contributed by atoms with Crippen LogP contribution in [0.25, 0.3) is 5.65 Å². The molecule has 0 saturated heterocycles. The number of nitrogens with zero attached hydrogens (tertiary/aromatic N) is 4. The Kier molecular flexibility index (Phi) is 3.99. The van der Waals surface area contributed by atoms with Crippen molar-refractivity contribution in [2.45, 2.75) is 13.1 Å². The van der Waals surface area contributed by atoms with E-state index in [0.29, 0.717) is 5.65 Å². The van der Waals surface area contributed by atoms with Crippen LogP contribution < -0.4 is 0 Å². The van der Waals surface area contributed by atoms with Crippen molar-refractivity contribution < 1.29 is 23.1 Å². The fourth-order valence-corrected chi connectivity index (χ4v) is 2.28. The van der Waals surface area contributed by atoms with Crippen molar-refractivity contribution in [2.24, 2.45) is 10.2 Å². The van der Waals surface area contributed by atoms with Crippen LogP contribution in [0.4, 0.5) is 24.7 Å². The molecule has 0 amide bonds. The van der Waals surface area contributed by atoms with Crippen molar-refractivity contribution >= 4 is 23.1 Å². The van der Waals surface area contributed by atoms with Crippen LogP contribution in [0.5, 0.6) is 0 Å². The highest BCUT2D eigenvalue weighted by molar-refractivity contribution is 5.92. The summed E-state index contributed by atoms with van der Waals surface area (Å²) in [5.74, 6) is -1.37. The fourth-order valence-electron chi connectivity index (χ4n) is 2.28. The van der Waals surface area contributed by atoms with E-state index in [-0.39, 0.29) is 17.2 Å². The maximum absolute atomic E-state index is 12.7. The predicted molar refractivity (Wildman–Crippen MR) is 82.5 cm³/mol. The third kappa shape index (κ3) is 3.21. The Labute approximate surface area is 139 Å². The lowest BCUT2D eigenvalue weighted by Gasteiger charge is -2.05. The van der Waals surface area contributed by atoms with Gasteiger partial charge in [0.2, 0.25) is 0 Å². The first-order chi connectivity index (χ1) is 11.8. The van der Waals surface area contributed by atoms with E-state index in [2.05, 4.69) is 15.2 Å². The molecule has 0 spiro atoms. The van der Waals surface area contributed by atoms with E-state index in [1.54, 1.807) is 25.3 Å². The number of aryl methyl sites for hydroxylation is 1. The number of benzene rings is 1. The van der Waals surface area contributed by atoms with Gasteiger partial charge in [-0.05, 0) is 36.8 Å². The van der Waals surface area contributed by atoms with Gasteiger partial charge in [0.25, 0.3) is 0 Å². The normalized spacial score (nSPS) is 12.2. The van der Waals surface area contributed by atoms with Gasteiger partial charge in [0.05, 0.1) is 11.3 Å². The number of hydrogen-bond donors (Lipinski definition) is 1. The molecule has 0 unspecified atom stereocenters. The molecule has 0 radical (unpaired) electrons. The van der Waals surface area contributed by atoms with Crippen molar-refractivity contribution in [2.75, 3.05) is 0 Å². The maximum Gasteiger partial charge on any atom is 0.416 e. The van der Waals surface area contributed by atoms with E-state index < -0.39 is 17.7 Å². The molecule has 1 aromatic carbocycles. The molecule has 25 heavy (non-hydrogen) atoms. The van der Waals surface area contributed by atoms with Crippen LogP contribution in [0.1, 0.15) is 21.6 Å². The maximum atomic E-state index is 12.7. The van der Waals surface area contributed by atoms with E-state index in [4.69, 9.17) is 0 Å². The van der Waals surface area contributed by atoms with E-state index >= 15 is 0 Å². The van der Waals surface area contributed by atoms with E-state index in [1.807, 2.05) is 0 Å². The summed E-state index contributed by atoms with van der Waals surface area (Å²) in [6.07, 6.45) is -2.94. The first-order valence-electron chi connectivity index (χ1n) is 7.07. The van der Waals surface area contributed by atoms with Gasteiger partial charge in [-0.15, -0.1) is 10.2 Å². The van der Waals surface area contributed by atoms with Crippen LogP contribution in [0, 0.1) is 6.92 Å². The van der Waals surface area contributed by atoms with Crippen LogP contribution in [0.3, 0.4) is 0 Å². The van der Waals surface area contributed by atoms with Gasteiger partial charge >= 0.3 is 12.1 Å². The number of alkyl halides is 3. The van der Waals surface area contributed by atoms with Crippen LogP contribution in [0.15, 0.2) is 52.8 Å². The zero-order chi connectivity index (χ0) is 18.2. The topological polar surface area (TPSA) is 79.3 Å². The number of imidazole rings is 1. The quantitative estimate of drug-likeness (QED) is 0.692. The van der Waals surface area contributed by atoms with Crippen molar-refractivity contribution in [1.82, 2.24) is 9.38 Å². The number of aromatic nitrogens is 2. The van der Waals surface area contributed by atoms with Gasteiger partial charge in [-0.1, -0.05) is 12.1 Å². The third-order valence-electron chi connectivity index (χ3n) is 3.46. The molecule has 0 fully saturated rings. The number of carboxylic acid groups (broad SMARTS) is 1. The van der Waals surface area contributed by atoms with Crippen molar-refractivity contribution in [3.63, 3.8) is 0 Å². The molecule has 3 aromatic rings. The second kappa shape index (κ2) is 6.00. The van der Waals surface area contributed by atoms with Gasteiger partial charge in [0.15, 0.2) is 11.5 Å². The molecule has 2 heterocycles. The summed E-state index contributed by atoms with van der Waals surface area (Å²) in [5.41, 5.74) is -0.126. The molecule has 3 rings (SSSR count). The number of halogens is 3. The molecular formula is C16H11F3N4O2. The summed E-state index contributed by atoms with van der Waals surface area (Å²) in [6.45, 7) is 1.75. The number of carboxylic acids is 1. The largest absolute Gasteiger partial charge is 0.476 e. The Morgan fingerprint density at radius 2 is 1.96 bits per heavy atom. The molecule has 9 heteroatoms. The first kappa shape index (κ1) is 16.6. The van der Waals surface area contributed by atoms with Crippen LogP contribution >= 0.6 is 0 Å². The number of hydrogen-bond acceptors (Lipinski definition) is 4. The highest BCUT2D eigenvalue weighted by Crippen LogP contribution is 2.32. The number of aromatic carboxylic acids is 1. The second-order valence-electron chi connectivity index (χ2n) is 5.22. The minimum atomic E-state index is -4.50. The lowest BCUT2D eigenvalue weighted by Crippen LogP contribution is -2.03. The second-order valence-corrected chi connectivity index (χ2v) is 5.22. The molecule has 0 bridgehead atoms. The molecule has 0 aliphatic rings.